The van der Waals surface area contributed by atoms with Gasteiger partial charge in [0.25, 0.3) is 0 Å². The lowest BCUT2D eigenvalue weighted by Crippen LogP contribution is -2.36. The van der Waals surface area contributed by atoms with E-state index in [1.54, 1.807) is 4.57 Å². The molecule has 5 rings (SSSR count). The van der Waals surface area contributed by atoms with Crippen molar-refractivity contribution in [1.29, 1.82) is 0 Å². The maximum Gasteiger partial charge on any atom is 0.321 e. The third-order valence-corrected chi connectivity index (χ3v) is 5.20. The summed E-state index contributed by atoms with van der Waals surface area (Å²) in [7, 11) is 0. The van der Waals surface area contributed by atoms with Crippen LogP contribution in [0.5, 0.6) is 0 Å². The van der Waals surface area contributed by atoms with Crippen LogP contribution in [0.4, 0.5) is 0 Å². The van der Waals surface area contributed by atoms with Crippen molar-refractivity contribution in [2.45, 2.75) is 25.7 Å². The number of benzene rings is 2. The summed E-state index contributed by atoms with van der Waals surface area (Å²) in [5.41, 5.74) is 4.57. The standard InChI is InChI=1S/C20H17N3O2/c24-19-20(25)23(16-7-3-6-15-14(16)10-11-21-15)17-9-8-12-4-1-2-5-13(12)18(17)22-19/h3,6-11,21H,1-2,4-5H2,(H,22,24). The topological polar surface area (TPSA) is 70.7 Å². The van der Waals surface area contributed by atoms with Gasteiger partial charge in [-0.05, 0) is 61.1 Å². The molecule has 25 heavy (non-hydrogen) atoms. The van der Waals surface area contributed by atoms with Gasteiger partial charge in [0.15, 0.2) is 0 Å². The van der Waals surface area contributed by atoms with E-state index in [4.69, 9.17) is 0 Å². The second kappa shape index (κ2) is 5.21. The average Bonchev–Trinajstić information content (AvgIpc) is 3.12. The zero-order chi connectivity index (χ0) is 17.0. The third kappa shape index (κ3) is 2.02. The molecule has 4 aromatic rings. The van der Waals surface area contributed by atoms with E-state index >= 15 is 0 Å². The van der Waals surface area contributed by atoms with Gasteiger partial charge in [-0.15, -0.1) is 0 Å². The van der Waals surface area contributed by atoms with Crippen molar-refractivity contribution in [2.24, 2.45) is 0 Å². The van der Waals surface area contributed by atoms with Crippen molar-refractivity contribution in [3.8, 4) is 5.69 Å². The fraction of sp³-hybridized carbons (Fsp3) is 0.200. The number of aromatic amines is 2. The Hall–Kier alpha value is -3.08. The van der Waals surface area contributed by atoms with Crippen LogP contribution in [-0.2, 0) is 12.8 Å². The number of nitrogens with zero attached hydrogens (tertiary/aromatic N) is 1. The van der Waals surface area contributed by atoms with Crippen LogP contribution in [0, 0.1) is 0 Å². The normalized spacial score (nSPS) is 14.1. The fourth-order valence-corrected chi connectivity index (χ4v) is 4.02. The molecule has 0 spiro atoms. The van der Waals surface area contributed by atoms with Crippen LogP contribution < -0.4 is 11.1 Å². The highest BCUT2D eigenvalue weighted by Crippen LogP contribution is 2.29. The summed E-state index contributed by atoms with van der Waals surface area (Å²) in [4.78, 5) is 31.1. The molecule has 0 saturated heterocycles. The number of hydrogen-bond donors (Lipinski definition) is 2. The minimum absolute atomic E-state index is 0.544. The van der Waals surface area contributed by atoms with Crippen LogP contribution in [-0.4, -0.2) is 14.5 Å². The van der Waals surface area contributed by atoms with E-state index in [1.165, 1.54) is 17.5 Å². The zero-order valence-corrected chi connectivity index (χ0v) is 13.6. The number of nitrogens with one attached hydrogen (secondary N) is 2. The van der Waals surface area contributed by atoms with Crippen LogP contribution in [0.1, 0.15) is 24.0 Å². The number of fused-ring (bicyclic) bond motifs is 4. The lowest BCUT2D eigenvalue weighted by atomic mass is 9.90. The van der Waals surface area contributed by atoms with Gasteiger partial charge in [0, 0.05) is 17.1 Å². The predicted molar refractivity (Wildman–Crippen MR) is 98.7 cm³/mol. The van der Waals surface area contributed by atoms with Crippen LogP contribution in [0.25, 0.3) is 27.6 Å². The molecule has 0 unspecified atom stereocenters. The molecular weight excluding hydrogens is 314 g/mol. The molecule has 1 aliphatic rings. The van der Waals surface area contributed by atoms with Crippen LogP contribution in [0.2, 0.25) is 0 Å². The molecule has 0 saturated carbocycles. The quantitative estimate of drug-likeness (QED) is 0.526. The molecule has 0 aliphatic heterocycles. The molecule has 1 aliphatic carbocycles. The SMILES string of the molecule is O=c1[nH]c2c3c(ccc2n(-c2cccc4[nH]ccc24)c1=O)CCCC3. The highest BCUT2D eigenvalue weighted by molar-refractivity contribution is 5.91. The second-order valence-electron chi connectivity index (χ2n) is 6.62. The number of H-pyrrole nitrogens is 2. The molecule has 0 atom stereocenters. The van der Waals surface area contributed by atoms with Crippen molar-refractivity contribution in [2.75, 3.05) is 0 Å². The first kappa shape index (κ1) is 14.3. The molecule has 2 N–H and O–H groups in total. The third-order valence-electron chi connectivity index (χ3n) is 5.20. The average molecular weight is 331 g/mol. The summed E-state index contributed by atoms with van der Waals surface area (Å²) in [6.07, 6.45) is 6.09. The summed E-state index contributed by atoms with van der Waals surface area (Å²) in [5, 5.41) is 0.925. The van der Waals surface area contributed by atoms with Gasteiger partial charge in [0.2, 0.25) is 0 Å². The Labute approximate surface area is 142 Å². The van der Waals surface area contributed by atoms with Gasteiger partial charge >= 0.3 is 11.1 Å². The van der Waals surface area contributed by atoms with Crippen molar-refractivity contribution >= 4 is 21.9 Å². The lowest BCUT2D eigenvalue weighted by molar-refractivity contribution is 0.688. The Kier molecular flexibility index (Phi) is 2.98. The van der Waals surface area contributed by atoms with E-state index in [9.17, 15) is 9.59 Å². The predicted octanol–water partition coefficient (Wildman–Crippen LogP) is 3.04. The van der Waals surface area contributed by atoms with Crippen LogP contribution in [0.3, 0.4) is 0 Å². The van der Waals surface area contributed by atoms with Crippen LogP contribution >= 0.6 is 0 Å². The molecule has 2 heterocycles. The number of aryl methyl sites for hydroxylation is 2. The Bertz CT molecular complexity index is 1240. The maximum atomic E-state index is 12.7. The molecular formula is C20H17N3O2. The van der Waals surface area contributed by atoms with Gasteiger partial charge in [-0.2, -0.15) is 0 Å². The minimum atomic E-state index is -0.570. The van der Waals surface area contributed by atoms with Crippen molar-refractivity contribution in [1.82, 2.24) is 14.5 Å². The van der Waals surface area contributed by atoms with Gasteiger partial charge < -0.3 is 9.97 Å². The molecule has 5 nitrogen and oxygen atoms in total. The first-order valence-corrected chi connectivity index (χ1v) is 8.60. The Morgan fingerprint density at radius 3 is 2.76 bits per heavy atom. The summed E-state index contributed by atoms with van der Waals surface area (Å²) in [6, 6.07) is 11.7. The highest BCUT2D eigenvalue weighted by Gasteiger charge is 2.18. The Morgan fingerprint density at radius 1 is 0.960 bits per heavy atom. The number of rotatable bonds is 1. The fourth-order valence-electron chi connectivity index (χ4n) is 4.02. The maximum absolute atomic E-state index is 12.7. The second-order valence-corrected chi connectivity index (χ2v) is 6.62. The van der Waals surface area contributed by atoms with Gasteiger partial charge in [0.1, 0.15) is 0 Å². The van der Waals surface area contributed by atoms with Crippen LogP contribution in [0.15, 0.2) is 52.2 Å². The number of hydrogen-bond acceptors (Lipinski definition) is 2. The molecule has 5 heteroatoms. The molecule has 0 amide bonds. The minimum Gasteiger partial charge on any atom is -0.361 e. The Morgan fingerprint density at radius 2 is 1.84 bits per heavy atom. The molecule has 0 fully saturated rings. The molecule has 0 bridgehead atoms. The first-order chi connectivity index (χ1) is 12.2. The van der Waals surface area contributed by atoms with Gasteiger partial charge in [-0.1, -0.05) is 12.1 Å². The largest absolute Gasteiger partial charge is 0.361 e. The van der Waals surface area contributed by atoms with E-state index in [0.717, 1.165) is 46.9 Å². The summed E-state index contributed by atoms with van der Waals surface area (Å²) >= 11 is 0. The van der Waals surface area contributed by atoms with Crippen molar-refractivity contribution in [3.05, 3.63) is 74.4 Å². The van der Waals surface area contributed by atoms with Crippen molar-refractivity contribution < 1.29 is 0 Å². The van der Waals surface area contributed by atoms with Gasteiger partial charge in [-0.25, -0.2) is 0 Å². The number of aromatic nitrogens is 3. The summed E-state index contributed by atoms with van der Waals surface area (Å²) in [5.74, 6) is 0. The lowest BCUT2D eigenvalue weighted by Gasteiger charge is -2.19. The van der Waals surface area contributed by atoms with E-state index in [0.29, 0.717) is 0 Å². The monoisotopic (exact) mass is 331 g/mol. The van der Waals surface area contributed by atoms with E-state index in [2.05, 4.69) is 16.0 Å². The summed E-state index contributed by atoms with van der Waals surface area (Å²) in [6.45, 7) is 0. The molecule has 2 aromatic carbocycles. The van der Waals surface area contributed by atoms with E-state index < -0.39 is 11.1 Å². The molecule has 0 radical (unpaired) electrons. The molecule has 2 aromatic heterocycles. The smallest absolute Gasteiger partial charge is 0.321 e. The van der Waals surface area contributed by atoms with E-state index in [-0.39, 0.29) is 0 Å². The van der Waals surface area contributed by atoms with Gasteiger partial charge in [0.05, 0.1) is 16.7 Å². The Balaban J connectivity index is 1.96. The summed E-state index contributed by atoms with van der Waals surface area (Å²) < 4.78 is 1.55. The first-order valence-electron chi connectivity index (χ1n) is 8.60. The zero-order valence-electron chi connectivity index (χ0n) is 13.6. The van der Waals surface area contributed by atoms with E-state index in [1.807, 2.05) is 36.5 Å². The van der Waals surface area contributed by atoms with Gasteiger partial charge in [-0.3, -0.25) is 14.2 Å². The highest BCUT2D eigenvalue weighted by atomic mass is 16.2. The van der Waals surface area contributed by atoms with Crippen molar-refractivity contribution in [3.63, 3.8) is 0 Å². The molecule has 124 valence electrons.